The summed E-state index contributed by atoms with van der Waals surface area (Å²) in [7, 11) is 0. The smallest absolute Gasteiger partial charge is 0.219 e. The highest BCUT2D eigenvalue weighted by Gasteiger charge is 2.60. The maximum atomic E-state index is 10.8. The van der Waals surface area contributed by atoms with Crippen LogP contribution in [0, 0.1) is 11.8 Å². The van der Waals surface area contributed by atoms with E-state index in [1.807, 2.05) is 6.92 Å². The summed E-state index contributed by atoms with van der Waals surface area (Å²) in [6.45, 7) is 2.81. The molecule has 1 aliphatic heterocycles. The molecule has 4 N–H and O–H groups in total. The molecule has 1 aliphatic carbocycles. The Morgan fingerprint density at radius 1 is 1.69 bits per heavy atom. The molecular formula is C9H16N2O2. The lowest BCUT2D eigenvalue weighted by molar-refractivity contribution is -0.129. The van der Waals surface area contributed by atoms with Crippen LogP contribution in [0.25, 0.3) is 0 Å². The molecule has 13 heavy (non-hydrogen) atoms. The summed E-state index contributed by atoms with van der Waals surface area (Å²) in [5, 5.41) is 0. The van der Waals surface area contributed by atoms with Gasteiger partial charge >= 0.3 is 0 Å². The van der Waals surface area contributed by atoms with Gasteiger partial charge in [-0.25, -0.2) is 0 Å². The van der Waals surface area contributed by atoms with Crippen LogP contribution in [0.5, 0.6) is 0 Å². The largest absolute Gasteiger partial charge is 0.377 e. The SMILES string of the molecule is CC1C2OCCC2C1(N)CC(N)=O. The first-order valence-corrected chi connectivity index (χ1v) is 4.74. The van der Waals surface area contributed by atoms with Gasteiger partial charge in [0.25, 0.3) is 0 Å². The van der Waals surface area contributed by atoms with Gasteiger partial charge < -0.3 is 16.2 Å². The van der Waals surface area contributed by atoms with Crippen LogP contribution >= 0.6 is 0 Å². The van der Waals surface area contributed by atoms with Gasteiger partial charge in [0.1, 0.15) is 0 Å². The van der Waals surface area contributed by atoms with Gasteiger partial charge in [-0.2, -0.15) is 0 Å². The molecule has 1 saturated carbocycles. The minimum absolute atomic E-state index is 0.257. The molecule has 2 aliphatic rings. The molecule has 1 amide bonds. The predicted molar refractivity (Wildman–Crippen MR) is 47.7 cm³/mol. The molecule has 2 rings (SSSR count). The van der Waals surface area contributed by atoms with Gasteiger partial charge in [0.15, 0.2) is 0 Å². The highest BCUT2D eigenvalue weighted by atomic mass is 16.5. The highest BCUT2D eigenvalue weighted by Crippen LogP contribution is 2.51. The molecule has 4 heteroatoms. The van der Waals surface area contributed by atoms with Crippen LogP contribution in [0.2, 0.25) is 0 Å². The van der Waals surface area contributed by atoms with Crippen molar-refractivity contribution >= 4 is 5.91 Å². The second kappa shape index (κ2) is 2.69. The zero-order valence-electron chi connectivity index (χ0n) is 7.82. The highest BCUT2D eigenvalue weighted by molar-refractivity contribution is 5.75. The van der Waals surface area contributed by atoms with Gasteiger partial charge in [0.2, 0.25) is 5.91 Å². The summed E-state index contributed by atoms with van der Waals surface area (Å²) in [5.41, 5.74) is 10.9. The molecule has 1 heterocycles. The Hall–Kier alpha value is -0.610. The summed E-state index contributed by atoms with van der Waals surface area (Å²) >= 11 is 0. The third-order valence-electron chi connectivity index (χ3n) is 3.65. The number of ether oxygens (including phenoxy) is 1. The zero-order valence-corrected chi connectivity index (χ0v) is 7.82. The number of primary amides is 1. The molecule has 4 nitrogen and oxygen atoms in total. The molecular weight excluding hydrogens is 168 g/mol. The predicted octanol–water partition coefficient (Wildman–Crippen LogP) is -0.386. The summed E-state index contributed by atoms with van der Waals surface area (Å²) in [6, 6.07) is 0. The van der Waals surface area contributed by atoms with E-state index in [1.165, 1.54) is 0 Å². The molecule has 4 atom stereocenters. The summed E-state index contributed by atoms with van der Waals surface area (Å²) in [6.07, 6.45) is 1.53. The minimum atomic E-state index is -0.396. The second-order valence-corrected chi connectivity index (χ2v) is 4.27. The summed E-state index contributed by atoms with van der Waals surface area (Å²) in [4.78, 5) is 10.8. The van der Waals surface area contributed by atoms with Gasteiger partial charge in [0.05, 0.1) is 6.10 Å². The Bertz CT molecular complexity index is 244. The van der Waals surface area contributed by atoms with Crippen molar-refractivity contribution < 1.29 is 9.53 Å². The van der Waals surface area contributed by atoms with Crippen molar-refractivity contribution in [1.82, 2.24) is 0 Å². The molecule has 74 valence electrons. The van der Waals surface area contributed by atoms with E-state index < -0.39 is 5.54 Å². The Morgan fingerprint density at radius 3 is 3.00 bits per heavy atom. The maximum absolute atomic E-state index is 10.8. The number of rotatable bonds is 2. The number of hydrogen-bond acceptors (Lipinski definition) is 3. The van der Waals surface area contributed by atoms with Crippen LogP contribution in [-0.2, 0) is 9.53 Å². The van der Waals surface area contributed by atoms with Gasteiger partial charge in [-0.05, 0) is 6.42 Å². The van der Waals surface area contributed by atoms with Crippen molar-refractivity contribution in [3.63, 3.8) is 0 Å². The van der Waals surface area contributed by atoms with Crippen LogP contribution in [0.3, 0.4) is 0 Å². The number of carbonyl (C=O) groups excluding carboxylic acids is 1. The first-order chi connectivity index (χ1) is 6.05. The molecule has 4 unspecified atom stereocenters. The van der Waals surface area contributed by atoms with Crippen molar-refractivity contribution in [2.24, 2.45) is 23.3 Å². The number of nitrogens with two attached hydrogens (primary N) is 2. The zero-order chi connectivity index (χ0) is 9.64. The average molecular weight is 184 g/mol. The normalized spacial score (nSPS) is 48.3. The number of amides is 1. The van der Waals surface area contributed by atoms with Crippen LogP contribution in [0.1, 0.15) is 19.8 Å². The number of fused-ring (bicyclic) bond motifs is 1. The van der Waals surface area contributed by atoms with E-state index in [1.54, 1.807) is 0 Å². The van der Waals surface area contributed by atoms with Crippen LogP contribution in [-0.4, -0.2) is 24.2 Å². The molecule has 0 aromatic carbocycles. The quantitative estimate of drug-likeness (QED) is 0.613. The molecule has 0 aromatic rings. The third-order valence-corrected chi connectivity index (χ3v) is 3.65. The van der Waals surface area contributed by atoms with Gasteiger partial charge in [-0.3, -0.25) is 4.79 Å². The molecule has 0 spiro atoms. The first-order valence-electron chi connectivity index (χ1n) is 4.74. The van der Waals surface area contributed by atoms with Crippen molar-refractivity contribution in [3.8, 4) is 0 Å². The van der Waals surface area contributed by atoms with Crippen LogP contribution < -0.4 is 11.5 Å². The average Bonchev–Trinajstić information content (AvgIpc) is 2.47. The van der Waals surface area contributed by atoms with Crippen molar-refractivity contribution in [1.29, 1.82) is 0 Å². The van der Waals surface area contributed by atoms with Gasteiger partial charge in [0, 0.05) is 30.4 Å². The Balaban J connectivity index is 2.10. The van der Waals surface area contributed by atoms with E-state index in [-0.39, 0.29) is 17.9 Å². The van der Waals surface area contributed by atoms with E-state index in [4.69, 9.17) is 16.2 Å². The molecule has 0 bridgehead atoms. The molecule has 0 radical (unpaired) electrons. The number of hydrogen-bond donors (Lipinski definition) is 2. The van der Waals surface area contributed by atoms with E-state index >= 15 is 0 Å². The first kappa shape index (κ1) is 8.97. The topological polar surface area (TPSA) is 78.3 Å². The fraction of sp³-hybridized carbons (Fsp3) is 0.889. The Kier molecular flexibility index (Phi) is 1.85. The number of carbonyl (C=O) groups is 1. The van der Waals surface area contributed by atoms with E-state index in [2.05, 4.69) is 0 Å². The summed E-state index contributed by atoms with van der Waals surface area (Å²) < 4.78 is 5.51. The van der Waals surface area contributed by atoms with Crippen molar-refractivity contribution in [2.75, 3.05) is 6.61 Å². The monoisotopic (exact) mass is 184 g/mol. The lowest BCUT2D eigenvalue weighted by Gasteiger charge is -2.54. The van der Waals surface area contributed by atoms with Gasteiger partial charge in [-0.15, -0.1) is 0 Å². The molecule has 1 saturated heterocycles. The summed E-state index contributed by atoms with van der Waals surface area (Å²) in [5.74, 6) is 0.294. The van der Waals surface area contributed by atoms with E-state index in [0.29, 0.717) is 12.3 Å². The van der Waals surface area contributed by atoms with Crippen molar-refractivity contribution in [2.45, 2.75) is 31.4 Å². The molecule has 2 fully saturated rings. The third kappa shape index (κ3) is 1.09. The lowest BCUT2D eigenvalue weighted by atomic mass is 9.56. The maximum Gasteiger partial charge on any atom is 0.219 e. The fourth-order valence-corrected chi connectivity index (χ4v) is 2.80. The lowest BCUT2D eigenvalue weighted by Crippen LogP contribution is -2.69. The van der Waals surface area contributed by atoms with E-state index in [0.717, 1.165) is 13.0 Å². The standard InChI is InChI=1S/C9H16N2O2/c1-5-8-6(2-3-13-8)9(5,11)4-7(10)12/h5-6,8H,2-4,11H2,1H3,(H2,10,12). The van der Waals surface area contributed by atoms with E-state index in [9.17, 15) is 4.79 Å². The Labute approximate surface area is 77.6 Å². The second-order valence-electron chi connectivity index (χ2n) is 4.27. The Morgan fingerprint density at radius 2 is 2.38 bits per heavy atom. The van der Waals surface area contributed by atoms with Crippen molar-refractivity contribution in [3.05, 3.63) is 0 Å². The van der Waals surface area contributed by atoms with Crippen LogP contribution in [0.4, 0.5) is 0 Å². The molecule has 0 aromatic heterocycles. The van der Waals surface area contributed by atoms with Crippen LogP contribution in [0.15, 0.2) is 0 Å². The van der Waals surface area contributed by atoms with Gasteiger partial charge in [-0.1, -0.05) is 6.92 Å². The minimum Gasteiger partial charge on any atom is -0.377 e. The fourth-order valence-electron chi connectivity index (χ4n) is 2.80.